The molecule has 13 rings (SSSR count). The van der Waals surface area contributed by atoms with E-state index in [2.05, 4.69) is 180 Å². The van der Waals surface area contributed by atoms with Crippen LogP contribution in [0.25, 0.3) is 124 Å². The molecule has 0 aliphatic rings. The molecule has 0 spiro atoms. The van der Waals surface area contributed by atoms with Crippen molar-refractivity contribution < 1.29 is 0 Å². The van der Waals surface area contributed by atoms with E-state index in [4.69, 9.17) is 15.0 Å². The van der Waals surface area contributed by atoms with E-state index in [0.29, 0.717) is 17.5 Å². The molecule has 0 fully saturated rings. The highest BCUT2D eigenvalue weighted by Gasteiger charge is 2.22. The minimum Gasteiger partial charge on any atom is -0.309 e. The first-order valence-corrected chi connectivity index (χ1v) is 22.1. The van der Waals surface area contributed by atoms with Gasteiger partial charge in [0.15, 0.2) is 17.5 Å². The first kappa shape index (κ1) is 34.4. The maximum Gasteiger partial charge on any atom is 0.164 e. The topological polar surface area (TPSA) is 43.6 Å². The molecule has 0 radical (unpaired) electrons. The van der Waals surface area contributed by atoms with Crippen LogP contribution in [0, 0.1) is 0 Å². The summed E-state index contributed by atoms with van der Waals surface area (Å²) < 4.78 is 7.38. The molecule has 9 aromatic carbocycles. The molecule has 0 aliphatic heterocycles. The monoisotopic (exact) mass is 812 g/mol. The molecule has 61 heavy (non-hydrogen) atoms. The lowest BCUT2D eigenvalue weighted by atomic mass is 9.96. The summed E-state index contributed by atoms with van der Waals surface area (Å²) in [5, 5.41) is 9.80. The number of nitrogens with zero attached hydrogens (tertiary/aromatic N) is 4. The fourth-order valence-corrected chi connectivity index (χ4v) is 11.6. The highest BCUT2D eigenvalue weighted by atomic mass is 32.1. The molecule has 4 aromatic heterocycles. The van der Waals surface area contributed by atoms with Gasteiger partial charge in [-0.05, 0) is 70.9 Å². The molecule has 6 heteroatoms. The second-order valence-electron chi connectivity index (χ2n) is 15.5. The van der Waals surface area contributed by atoms with Crippen molar-refractivity contribution in [2.45, 2.75) is 0 Å². The minimum atomic E-state index is 0.633. The molecule has 0 atom stereocenters. The fourth-order valence-electron chi connectivity index (χ4n) is 9.28. The van der Waals surface area contributed by atoms with Crippen molar-refractivity contribution in [2.75, 3.05) is 0 Å². The fraction of sp³-hybridized carbons (Fsp3) is 0. The summed E-state index contributed by atoms with van der Waals surface area (Å²) >= 11 is 3.65. The zero-order valence-electron chi connectivity index (χ0n) is 32.6. The Morgan fingerprint density at radius 2 is 0.967 bits per heavy atom. The molecule has 0 saturated carbocycles. The standard InChI is InChI=1S/C55H32N4S2/c1-2-14-33(15-3-1)53-56-54(58-55(57-53)43-23-13-27-50-51(43)42-20-8-11-26-49(42)60-50)41-29-28-36(32-44(41)40-22-12-21-39-38-19-7-10-25-48(38)61-52(39)40)59-46-24-9-6-18-37(46)45-30-34-16-4-5-17-35(34)31-47(45)59/h1-32H. The molecular formula is C55H32N4S2. The van der Waals surface area contributed by atoms with E-state index in [1.165, 1.54) is 67.4 Å². The van der Waals surface area contributed by atoms with E-state index in [1.54, 1.807) is 11.3 Å². The van der Waals surface area contributed by atoms with Gasteiger partial charge in [-0.25, -0.2) is 15.0 Å². The Hall–Kier alpha value is -7.51. The number of fused-ring (bicyclic) bond motifs is 10. The molecule has 0 N–H and O–H groups in total. The first-order valence-electron chi connectivity index (χ1n) is 20.4. The number of benzene rings is 9. The van der Waals surface area contributed by atoms with Gasteiger partial charge in [0.05, 0.1) is 11.0 Å². The highest BCUT2D eigenvalue weighted by molar-refractivity contribution is 7.26. The average molecular weight is 813 g/mol. The Labute approximate surface area is 358 Å². The molecule has 0 saturated heterocycles. The molecule has 0 unspecified atom stereocenters. The van der Waals surface area contributed by atoms with Gasteiger partial charge < -0.3 is 4.57 Å². The van der Waals surface area contributed by atoms with Crippen molar-refractivity contribution in [1.29, 1.82) is 0 Å². The van der Waals surface area contributed by atoms with Crippen molar-refractivity contribution >= 4 is 95.6 Å². The number of hydrogen-bond donors (Lipinski definition) is 0. The van der Waals surface area contributed by atoms with Gasteiger partial charge in [-0.15, -0.1) is 22.7 Å². The largest absolute Gasteiger partial charge is 0.309 e. The van der Waals surface area contributed by atoms with Crippen molar-refractivity contribution in [3.05, 3.63) is 194 Å². The lowest BCUT2D eigenvalue weighted by Gasteiger charge is -2.16. The first-order chi connectivity index (χ1) is 30.2. The van der Waals surface area contributed by atoms with Crippen molar-refractivity contribution in [3.63, 3.8) is 0 Å². The normalized spacial score (nSPS) is 11.9. The van der Waals surface area contributed by atoms with Gasteiger partial charge in [0.2, 0.25) is 0 Å². The Balaban J connectivity index is 1.12. The van der Waals surface area contributed by atoms with Crippen molar-refractivity contribution in [1.82, 2.24) is 19.5 Å². The number of rotatable bonds is 5. The van der Waals surface area contributed by atoms with Crippen LogP contribution in [0.2, 0.25) is 0 Å². The van der Waals surface area contributed by atoms with E-state index in [-0.39, 0.29) is 0 Å². The van der Waals surface area contributed by atoms with Gasteiger partial charge in [-0.3, -0.25) is 0 Å². The van der Waals surface area contributed by atoms with Crippen LogP contribution < -0.4 is 0 Å². The quantitative estimate of drug-likeness (QED) is 0.174. The van der Waals surface area contributed by atoms with Gasteiger partial charge >= 0.3 is 0 Å². The van der Waals surface area contributed by atoms with Crippen molar-refractivity contribution in [3.8, 4) is 51.0 Å². The maximum atomic E-state index is 5.45. The number of thiophene rings is 2. The third-order valence-corrected chi connectivity index (χ3v) is 14.4. The van der Waals surface area contributed by atoms with Crippen LogP contribution in [0.3, 0.4) is 0 Å². The summed E-state index contributed by atoms with van der Waals surface area (Å²) in [5.41, 5.74) is 8.51. The summed E-state index contributed by atoms with van der Waals surface area (Å²) in [5.74, 6) is 1.93. The van der Waals surface area contributed by atoms with Crippen LogP contribution in [0.4, 0.5) is 0 Å². The Bertz CT molecular complexity index is 3900. The predicted molar refractivity (Wildman–Crippen MR) is 259 cm³/mol. The molecular weight excluding hydrogens is 781 g/mol. The molecule has 4 nitrogen and oxygen atoms in total. The molecule has 284 valence electrons. The van der Waals surface area contributed by atoms with Crippen LogP contribution in [0.5, 0.6) is 0 Å². The van der Waals surface area contributed by atoms with Crippen LogP contribution in [0.15, 0.2) is 194 Å². The van der Waals surface area contributed by atoms with E-state index in [9.17, 15) is 0 Å². The van der Waals surface area contributed by atoms with E-state index < -0.39 is 0 Å². The lowest BCUT2D eigenvalue weighted by Crippen LogP contribution is -2.02. The average Bonchev–Trinajstić information content (AvgIpc) is 4.00. The van der Waals surface area contributed by atoms with Crippen LogP contribution in [-0.2, 0) is 0 Å². The summed E-state index contributed by atoms with van der Waals surface area (Å²) in [6.45, 7) is 0. The predicted octanol–water partition coefficient (Wildman–Crippen LogP) is 15.5. The SMILES string of the molecule is c1ccc(-c2nc(-c3ccc(-n4c5ccccc5c5cc6ccccc6cc54)cc3-c3cccc4c3sc3ccccc34)nc(-c3cccc4sc5ccccc5c34)n2)cc1. The molecule has 0 aliphatic carbocycles. The molecule has 13 aromatic rings. The van der Waals surface area contributed by atoms with E-state index in [0.717, 1.165) is 39.0 Å². The van der Waals surface area contributed by atoms with Gasteiger partial charge in [0, 0.05) is 79.1 Å². The van der Waals surface area contributed by atoms with E-state index in [1.807, 2.05) is 29.5 Å². The van der Waals surface area contributed by atoms with Crippen LogP contribution >= 0.6 is 22.7 Å². The summed E-state index contributed by atoms with van der Waals surface area (Å²) in [6.07, 6.45) is 0. The Morgan fingerprint density at radius 1 is 0.344 bits per heavy atom. The second-order valence-corrected chi connectivity index (χ2v) is 17.7. The summed E-state index contributed by atoms with van der Waals surface area (Å²) in [4.78, 5) is 16.0. The summed E-state index contributed by atoms with van der Waals surface area (Å²) in [6, 6.07) is 69.7. The van der Waals surface area contributed by atoms with Gasteiger partial charge in [0.25, 0.3) is 0 Å². The smallest absolute Gasteiger partial charge is 0.164 e. The lowest BCUT2D eigenvalue weighted by molar-refractivity contribution is 1.08. The highest BCUT2D eigenvalue weighted by Crippen LogP contribution is 2.45. The van der Waals surface area contributed by atoms with Crippen LogP contribution in [0.1, 0.15) is 0 Å². The van der Waals surface area contributed by atoms with Gasteiger partial charge in [-0.2, -0.15) is 0 Å². The molecule has 4 heterocycles. The van der Waals surface area contributed by atoms with Gasteiger partial charge in [0.1, 0.15) is 0 Å². The zero-order valence-corrected chi connectivity index (χ0v) is 34.2. The second kappa shape index (κ2) is 13.5. The molecule has 0 bridgehead atoms. The molecule has 0 amide bonds. The summed E-state index contributed by atoms with van der Waals surface area (Å²) in [7, 11) is 0. The van der Waals surface area contributed by atoms with Crippen molar-refractivity contribution in [2.24, 2.45) is 0 Å². The zero-order chi connectivity index (χ0) is 40.0. The number of aromatic nitrogens is 4. The number of hydrogen-bond acceptors (Lipinski definition) is 5. The maximum absolute atomic E-state index is 5.45. The number of para-hydroxylation sites is 1. The third-order valence-electron chi connectivity index (χ3n) is 12.0. The Kier molecular flexibility index (Phi) is 7.61. The van der Waals surface area contributed by atoms with E-state index >= 15 is 0 Å². The van der Waals surface area contributed by atoms with Gasteiger partial charge in [-0.1, -0.05) is 140 Å². The Morgan fingerprint density at radius 3 is 1.82 bits per heavy atom. The third kappa shape index (κ3) is 5.39. The minimum absolute atomic E-state index is 0.633. The van der Waals surface area contributed by atoms with Crippen LogP contribution in [-0.4, -0.2) is 19.5 Å².